The fourth-order valence-corrected chi connectivity index (χ4v) is 1.73. The molecule has 1 aromatic rings. The molecule has 0 radical (unpaired) electrons. The van der Waals surface area contributed by atoms with Crippen LogP contribution in [-0.2, 0) is 0 Å². The van der Waals surface area contributed by atoms with E-state index in [1.165, 1.54) is 0 Å². The number of aromatic carboxylic acids is 1. The third-order valence-corrected chi connectivity index (χ3v) is 2.41. The molecule has 0 aromatic carbocycles. The molecular weight excluding hydrogens is 285 g/mol. The lowest BCUT2D eigenvalue weighted by Gasteiger charge is -2.24. The molecule has 0 amide bonds. The molecule has 0 aliphatic rings. The van der Waals surface area contributed by atoms with Crippen LogP contribution in [-0.4, -0.2) is 35.3 Å². The number of carboxylic acid groups (broad SMARTS) is 1. The fraction of sp³-hybridized carbons (Fsp3) is 0.455. The van der Waals surface area contributed by atoms with Crippen molar-refractivity contribution in [3.05, 3.63) is 22.8 Å². The zero-order valence-electron chi connectivity index (χ0n) is 10.0. The number of hydrogen-bond acceptors (Lipinski definition) is 3. The van der Waals surface area contributed by atoms with E-state index < -0.39 is 18.7 Å². The standard InChI is InChI=1S/C11H12ClF3N2O2/c1-2-3-17(6-11(13,14)15)9-5-7(10(18)19)4-8(12)16-9/h4-5H,2-3,6H2,1H3,(H,18,19). The summed E-state index contributed by atoms with van der Waals surface area (Å²) in [4.78, 5) is 15.5. The minimum absolute atomic E-state index is 0.0934. The van der Waals surface area contributed by atoms with E-state index in [2.05, 4.69) is 4.98 Å². The molecule has 19 heavy (non-hydrogen) atoms. The molecule has 0 spiro atoms. The molecule has 0 bridgehead atoms. The first-order valence-electron chi connectivity index (χ1n) is 5.45. The van der Waals surface area contributed by atoms with Crippen LogP contribution in [0, 0.1) is 0 Å². The quantitative estimate of drug-likeness (QED) is 0.848. The second-order valence-corrected chi connectivity index (χ2v) is 4.27. The van der Waals surface area contributed by atoms with Gasteiger partial charge in [0, 0.05) is 6.54 Å². The van der Waals surface area contributed by atoms with Gasteiger partial charge in [0.05, 0.1) is 5.56 Å². The smallest absolute Gasteiger partial charge is 0.405 e. The maximum Gasteiger partial charge on any atom is 0.405 e. The summed E-state index contributed by atoms with van der Waals surface area (Å²) in [6.45, 7) is 0.616. The molecule has 8 heteroatoms. The van der Waals surface area contributed by atoms with Crippen molar-refractivity contribution in [1.82, 2.24) is 4.98 Å². The van der Waals surface area contributed by atoms with Crippen molar-refractivity contribution >= 4 is 23.4 Å². The zero-order chi connectivity index (χ0) is 14.6. The normalized spacial score (nSPS) is 11.4. The molecule has 0 aliphatic heterocycles. The first-order chi connectivity index (χ1) is 8.73. The molecule has 1 N–H and O–H groups in total. The second-order valence-electron chi connectivity index (χ2n) is 3.88. The van der Waals surface area contributed by atoms with E-state index in [1.54, 1.807) is 6.92 Å². The van der Waals surface area contributed by atoms with Crippen LogP contribution < -0.4 is 4.90 Å². The Morgan fingerprint density at radius 3 is 2.58 bits per heavy atom. The van der Waals surface area contributed by atoms with E-state index in [9.17, 15) is 18.0 Å². The van der Waals surface area contributed by atoms with Crippen LogP contribution >= 0.6 is 11.6 Å². The summed E-state index contributed by atoms with van der Waals surface area (Å²) >= 11 is 5.63. The Bertz CT molecular complexity index is 466. The van der Waals surface area contributed by atoms with Gasteiger partial charge < -0.3 is 10.0 Å². The van der Waals surface area contributed by atoms with Gasteiger partial charge in [0.2, 0.25) is 0 Å². The Labute approximate surface area is 112 Å². The van der Waals surface area contributed by atoms with E-state index in [0.717, 1.165) is 17.0 Å². The van der Waals surface area contributed by atoms with Gasteiger partial charge in [-0.25, -0.2) is 9.78 Å². The summed E-state index contributed by atoms with van der Waals surface area (Å²) in [6, 6.07) is 2.17. The number of anilines is 1. The molecule has 4 nitrogen and oxygen atoms in total. The van der Waals surface area contributed by atoms with Crippen LogP contribution in [0.5, 0.6) is 0 Å². The predicted molar refractivity (Wildman–Crippen MR) is 64.8 cm³/mol. The van der Waals surface area contributed by atoms with Gasteiger partial charge in [-0.3, -0.25) is 0 Å². The molecule has 0 unspecified atom stereocenters. The van der Waals surface area contributed by atoms with Gasteiger partial charge in [-0.05, 0) is 18.6 Å². The molecule has 1 heterocycles. The summed E-state index contributed by atoms with van der Waals surface area (Å²) in [5, 5.41) is 8.70. The average molecular weight is 297 g/mol. The van der Waals surface area contributed by atoms with Gasteiger partial charge in [0.1, 0.15) is 17.5 Å². The van der Waals surface area contributed by atoms with Gasteiger partial charge in [-0.2, -0.15) is 13.2 Å². The van der Waals surface area contributed by atoms with Gasteiger partial charge in [0.25, 0.3) is 0 Å². The maximum atomic E-state index is 12.5. The number of pyridine rings is 1. The van der Waals surface area contributed by atoms with Gasteiger partial charge in [-0.1, -0.05) is 18.5 Å². The van der Waals surface area contributed by atoms with Crippen molar-refractivity contribution in [3.8, 4) is 0 Å². The molecular formula is C11H12ClF3N2O2. The Balaban J connectivity index is 3.11. The lowest BCUT2D eigenvalue weighted by Crippen LogP contribution is -2.35. The van der Waals surface area contributed by atoms with Crippen LogP contribution in [0.4, 0.5) is 19.0 Å². The number of carboxylic acids is 1. The van der Waals surface area contributed by atoms with E-state index in [-0.39, 0.29) is 23.1 Å². The minimum atomic E-state index is -4.40. The number of carbonyl (C=O) groups is 1. The van der Waals surface area contributed by atoms with E-state index in [1.807, 2.05) is 0 Å². The number of rotatable bonds is 5. The van der Waals surface area contributed by atoms with Gasteiger partial charge in [0.15, 0.2) is 0 Å². The number of alkyl halides is 3. The number of halogens is 4. The number of hydrogen-bond donors (Lipinski definition) is 1. The summed E-state index contributed by atoms with van der Waals surface area (Å²) in [7, 11) is 0. The second kappa shape index (κ2) is 6.10. The summed E-state index contributed by atoms with van der Waals surface area (Å²) in [5.74, 6) is -1.36. The Kier molecular flexibility index (Phi) is 4.99. The Hall–Kier alpha value is -1.50. The predicted octanol–water partition coefficient (Wildman–Crippen LogP) is 3.21. The first-order valence-corrected chi connectivity index (χ1v) is 5.83. The van der Waals surface area contributed by atoms with Crippen molar-refractivity contribution < 1.29 is 23.1 Å². The highest BCUT2D eigenvalue weighted by Crippen LogP contribution is 2.23. The van der Waals surface area contributed by atoms with Crippen molar-refractivity contribution in [2.75, 3.05) is 18.0 Å². The van der Waals surface area contributed by atoms with E-state index in [4.69, 9.17) is 16.7 Å². The Morgan fingerprint density at radius 2 is 2.11 bits per heavy atom. The molecule has 0 aliphatic carbocycles. The highest BCUT2D eigenvalue weighted by Gasteiger charge is 2.31. The SMILES string of the molecule is CCCN(CC(F)(F)F)c1cc(C(=O)O)cc(Cl)n1. The van der Waals surface area contributed by atoms with Crippen LogP contribution in [0.1, 0.15) is 23.7 Å². The molecule has 0 saturated heterocycles. The van der Waals surface area contributed by atoms with E-state index >= 15 is 0 Å². The molecule has 0 fully saturated rings. The van der Waals surface area contributed by atoms with Crippen molar-refractivity contribution in [1.29, 1.82) is 0 Å². The third kappa shape index (κ3) is 4.94. The molecule has 1 aromatic heterocycles. The number of nitrogens with zero attached hydrogens (tertiary/aromatic N) is 2. The van der Waals surface area contributed by atoms with Crippen molar-refractivity contribution in [2.24, 2.45) is 0 Å². The fourth-order valence-electron chi connectivity index (χ4n) is 1.53. The first kappa shape index (κ1) is 15.6. The molecule has 1 rings (SSSR count). The highest BCUT2D eigenvalue weighted by atomic mass is 35.5. The van der Waals surface area contributed by atoms with Crippen LogP contribution in [0.3, 0.4) is 0 Å². The summed E-state index contributed by atoms with van der Waals surface area (Å²) in [6.07, 6.45) is -3.94. The van der Waals surface area contributed by atoms with E-state index in [0.29, 0.717) is 6.42 Å². The maximum absolute atomic E-state index is 12.5. The topological polar surface area (TPSA) is 53.4 Å². The minimum Gasteiger partial charge on any atom is -0.478 e. The molecule has 106 valence electrons. The zero-order valence-corrected chi connectivity index (χ0v) is 10.8. The van der Waals surface area contributed by atoms with Crippen LogP contribution in [0.15, 0.2) is 12.1 Å². The monoisotopic (exact) mass is 296 g/mol. The van der Waals surface area contributed by atoms with Gasteiger partial charge in [-0.15, -0.1) is 0 Å². The third-order valence-electron chi connectivity index (χ3n) is 2.22. The largest absolute Gasteiger partial charge is 0.478 e. The Morgan fingerprint density at radius 1 is 1.47 bits per heavy atom. The molecule has 0 saturated carbocycles. The van der Waals surface area contributed by atoms with Crippen molar-refractivity contribution in [2.45, 2.75) is 19.5 Å². The highest BCUT2D eigenvalue weighted by molar-refractivity contribution is 6.29. The van der Waals surface area contributed by atoms with Crippen LogP contribution in [0.2, 0.25) is 5.15 Å². The summed E-state index contributed by atoms with van der Waals surface area (Å²) < 4.78 is 37.4. The van der Waals surface area contributed by atoms with Gasteiger partial charge >= 0.3 is 12.1 Å². The molecule has 0 atom stereocenters. The lowest BCUT2D eigenvalue weighted by molar-refractivity contribution is -0.119. The lowest BCUT2D eigenvalue weighted by atomic mass is 10.2. The number of aromatic nitrogens is 1. The van der Waals surface area contributed by atoms with Crippen LogP contribution in [0.25, 0.3) is 0 Å². The average Bonchev–Trinajstić information content (AvgIpc) is 2.25. The van der Waals surface area contributed by atoms with Crippen molar-refractivity contribution in [3.63, 3.8) is 0 Å². The summed E-state index contributed by atoms with van der Waals surface area (Å²) in [5.41, 5.74) is -0.196.